The Hall–Kier alpha value is -1.71. The first-order valence-electron chi connectivity index (χ1n) is 5.64. The minimum atomic E-state index is -0.728. The zero-order valence-corrected chi connectivity index (χ0v) is 11.4. The minimum Gasteiger partial charge on any atom is -0.370 e. The van der Waals surface area contributed by atoms with Gasteiger partial charge in [0.25, 0.3) is 0 Å². The standard InChI is InChI=1S/C14H12Cl2N2O/c15-11-8-4-7-10(12(11)16)13(14(17)19)18-9-5-2-1-3-6-9/h1-8,13,18H,(H2,17,19). The largest absolute Gasteiger partial charge is 0.370 e. The lowest BCUT2D eigenvalue weighted by atomic mass is 10.1. The van der Waals surface area contributed by atoms with Crippen LogP contribution in [0, 0.1) is 0 Å². The lowest BCUT2D eigenvalue weighted by Gasteiger charge is -2.18. The molecule has 19 heavy (non-hydrogen) atoms. The Morgan fingerprint density at radius 1 is 1.05 bits per heavy atom. The molecule has 0 saturated heterocycles. The van der Waals surface area contributed by atoms with Crippen LogP contribution < -0.4 is 11.1 Å². The van der Waals surface area contributed by atoms with Crippen molar-refractivity contribution in [1.82, 2.24) is 0 Å². The van der Waals surface area contributed by atoms with Crippen molar-refractivity contribution in [2.24, 2.45) is 5.73 Å². The third-order valence-electron chi connectivity index (χ3n) is 2.66. The minimum absolute atomic E-state index is 0.330. The van der Waals surface area contributed by atoms with Crippen molar-refractivity contribution in [2.45, 2.75) is 6.04 Å². The number of nitrogens with two attached hydrogens (primary N) is 1. The van der Waals surface area contributed by atoms with Crippen LogP contribution in [-0.2, 0) is 4.79 Å². The van der Waals surface area contributed by atoms with E-state index in [4.69, 9.17) is 28.9 Å². The molecule has 2 rings (SSSR count). The second-order valence-corrected chi connectivity index (χ2v) is 4.77. The molecule has 0 radical (unpaired) electrons. The van der Waals surface area contributed by atoms with E-state index in [-0.39, 0.29) is 0 Å². The van der Waals surface area contributed by atoms with E-state index in [1.807, 2.05) is 30.3 Å². The van der Waals surface area contributed by atoms with Crippen molar-refractivity contribution in [3.05, 3.63) is 64.1 Å². The van der Waals surface area contributed by atoms with Crippen molar-refractivity contribution in [3.8, 4) is 0 Å². The highest BCUT2D eigenvalue weighted by atomic mass is 35.5. The molecule has 1 unspecified atom stereocenters. The molecule has 98 valence electrons. The van der Waals surface area contributed by atoms with E-state index in [2.05, 4.69) is 5.32 Å². The summed E-state index contributed by atoms with van der Waals surface area (Å²) in [5, 5.41) is 3.76. The Labute approximate surface area is 121 Å². The number of carbonyl (C=O) groups excluding carboxylic acids is 1. The Morgan fingerprint density at radius 3 is 2.37 bits per heavy atom. The van der Waals surface area contributed by atoms with Gasteiger partial charge in [-0.1, -0.05) is 53.5 Å². The maximum Gasteiger partial charge on any atom is 0.244 e. The SMILES string of the molecule is NC(=O)C(Nc1ccccc1)c1cccc(Cl)c1Cl. The fourth-order valence-electron chi connectivity index (χ4n) is 1.75. The lowest BCUT2D eigenvalue weighted by molar-refractivity contribution is -0.118. The van der Waals surface area contributed by atoms with Gasteiger partial charge in [-0.25, -0.2) is 0 Å². The highest BCUT2D eigenvalue weighted by molar-refractivity contribution is 6.42. The average Bonchev–Trinajstić information content (AvgIpc) is 2.40. The zero-order valence-electron chi connectivity index (χ0n) is 9.94. The highest BCUT2D eigenvalue weighted by Gasteiger charge is 2.21. The van der Waals surface area contributed by atoms with E-state index in [1.165, 1.54) is 0 Å². The molecule has 1 atom stereocenters. The summed E-state index contributed by atoms with van der Waals surface area (Å²) in [6, 6.07) is 13.7. The summed E-state index contributed by atoms with van der Waals surface area (Å²) in [6.45, 7) is 0. The molecule has 0 fully saturated rings. The van der Waals surface area contributed by atoms with E-state index in [9.17, 15) is 4.79 Å². The third-order valence-corrected chi connectivity index (χ3v) is 3.50. The van der Waals surface area contributed by atoms with E-state index in [0.29, 0.717) is 15.6 Å². The number of hydrogen-bond donors (Lipinski definition) is 2. The van der Waals surface area contributed by atoms with Crippen LogP contribution in [0.25, 0.3) is 0 Å². The first-order valence-corrected chi connectivity index (χ1v) is 6.40. The first kappa shape index (κ1) is 13.7. The number of anilines is 1. The molecule has 0 saturated carbocycles. The maximum absolute atomic E-state index is 11.6. The molecule has 2 aromatic rings. The molecule has 0 heterocycles. The Bertz CT molecular complexity index is 587. The van der Waals surface area contributed by atoms with Crippen LogP contribution >= 0.6 is 23.2 Å². The normalized spacial score (nSPS) is 11.9. The molecule has 1 amide bonds. The van der Waals surface area contributed by atoms with Crippen molar-refractivity contribution >= 4 is 34.8 Å². The van der Waals surface area contributed by atoms with Crippen molar-refractivity contribution in [1.29, 1.82) is 0 Å². The van der Waals surface area contributed by atoms with Gasteiger partial charge < -0.3 is 11.1 Å². The summed E-state index contributed by atoms with van der Waals surface area (Å²) in [4.78, 5) is 11.6. The molecule has 0 aromatic heterocycles. The number of benzene rings is 2. The number of halogens is 2. The van der Waals surface area contributed by atoms with Crippen LogP contribution in [0.3, 0.4) is 0 Å². The molecule has 0 aliphatic carbocycles. The predicted molar refractivity (Wildman–Crippen MR) is 78.5 cm³/mol. The van der Waals surface area contributed by atoms with Crippen LogP contribution in [0.2, 0.25) is 10.0 Å². The van der Waals surface area contributed by atoms with Crippen LogP contribution in [0.1, 0.15) is 11.6 Å². The summed E-state index contributed by atoms with van der Waals surface area (Å²) >= 11 is 12.1. The van der Waals surface area contributed by atoms with Gasteiger partial charge >= 0.3 is 0 Å². The van der Waals surface area contributed by atoms with Gasteiger partial charge in [0, 0.05) is 11.3 Å². The quantitative estimate of drug-likeness (QED) is 0.905. The molecule has 0 aliphatic rings. The van der Waals surface area contributed by atoms with Crippen molar-refractivity contribution in [2.75, 3.05) is 5.32 Å². The molecule has 5 heteroatoms. The molecule has 3 nitrogen and oxygen atoms in total. The second kappa shape index (κ2) is 5.95. The number of para-hydroxylation sites is 1. The van der Waals surface area contributed by atoms with E-state index in [0.717, 1.165) is 5.69 Å². The topological polar surface area (TPSA) is 55.1 Å². The molecule has 3 N–H and O–H groups in total. The van der Waals surface area contributed by atoms with Crippen LogP contribution in [-0.4, -0.2) is 5.91 Å². The number of rotatable bonds is 4. The highest BCUT2D eigenvalue weighted by Crippen LogP contribution is 2.31. The third kappa shape index (κ3) is 3.19. The van der Waals surface area contributed by atoms with Gasteiger partial charge in [0.1, 0.15) is 6.04 Å². The molecular formula is C14H12Cl2N2O. The number of amides is 1. The Balaban J connectivity index is 2.36. The smallest absolute Gasteiger partial charge is 0.244 e. The fourth-order valence-corrected chi connectivity index (χ4v) is 2.16. The molecule has 0 bridgehead atoms. The molecule has 2 aromatic carbocycles. The van der Waals surface area contributed by atoms with Gasteiger partial charge in [0.2, 0.25) is 5.91 Å². The number of hydrogen-bond acceptors (Lipinski definition) is 2. The maximum atomic E-state index is 11.6. The number of primary amides is 1. The second-order valence-electron chi connectivity index (χ2n) is 3.99. The Kier molecular flexibility index (Phi) is 4.30. The van der Waals surface area contributed by atoms with Gasteiger partial charge in [-0.3, -0.25) is 4.79 Å². The van der Waals surface area contributed by atoms with Crippen LogP contribution in [0.15, 0.2) is 48.5 Å². The van der Waals surface area contributed by atoms with E-state index >= 15 is 0 Å². The predicted octanol–water partition coefficient (Wildman–Crippen LogP) is 3.63. The zero-order chi connectivity index (χ0) is 13.8. The summed E-state index contributed by atoms with van der Waals surface area (Å²) in [5.74, 6) is -0.520. The van der Waals surface area contributed by atoms with Crippen molar-refractivity contribution < 1.29 is 4.79 Å². The van der Waals surface area contributed by atoms with Gasteiger partial charge in [-0.2, -0.15) is 0 Å². The van der Waals surface area contributed by atoms with Gasteiger partial charge in [-0.05, 0) is 18.2 Å². The molecule has 0 aliphatic heterocycles. The van der Waals surface area contributed by atoms with Gasteiger partial charge in [0.05, 0.1) is 10.0 Å². The van der Waals surface area contributed by atoms with Crippen LogP contribution in [0.5, 0.6) is 0 Å². The molecule has 0 spiro atoms. The fraction of sp³-hybridized carbons (Fsp3) is 0.0714. The number of nitrogens with one attached hydrogen (secondary N) is 1. The monoisotopic (exact) mass is 294 g/mol. The van der Waals surface area contributed by atoms with Crippen LogP contribution in [0.4, 0.5) is 5.69 Å². The summed E-state index contributed by atoms with van der Waals surface area (Å²) in [5.41, 5.74) is 6.77. The Morgan fingerprint density at radius 2 is 1.74 bits per heavy atom. The van der Waals surface area contributed by atoms with E-state index < -0.39 is 11.9 Å². The average molecular weight is 295 g/mol. The van der Waals surface area contributed by atoms with Gasteiger partial charge in [0.15, 0.2) is 0 Å². The lowest BCUT2D eigenvalue weighted by Crippen LogP contribution is -2.28. The van der Waals surface area contributed by atoms with Crippen molar-refractivity contribution in [3.63, 3.8) is 0 Å². The summed E-state index contributed by atoms with van der Waals surface area (Å²) in [7, 11) is 0. The first-order chi connectivity index (χ1) is 9.09. The van der Waals surface area contributed by atoms with Gasteiger partial charge in [-0.15, -0.1) is 0 Å². The summed E-state index contributed by atoms with van der Waals surface area (Å²) in [6.07, 6.45) is 0. The van der Waals surface area contributed by atoms with E-state index in [1.54, 1.807) is 18.2 Å². The number of carbonyl (C=O) groups is 1. The summed E-state index contributed by atoms with van der Waals surface area (Å²) < 4.78 is 0. The molecular weight excluding hydrogens is 283 g/mol.